The maximum atomic E-state index is 14.1. The van der Waals surface area contributed by atoms with Gasteiger partial charge < -0.3 is 9.47 Å². The summed E-state index contributed by atoms with van der Waals surface area (Å²) in [5.74, 6) is -0.270. The Hall–Kier alpha value is -2.24. The van der Waals surface area contributed by atoms with Crippen molar-refractivity contribution in [2.45, 2.75) is 32.5 Å². The molecule has 2 nitrogen and oxygen atoms in total. The Bertz CT molecular complexity index is 609. The molecule has 0 amide bonds. The molecule has 2 aromatic rings. The molecule has 0 aliphatic carbocycles. The van der Waals surface area contributed by atoms with Gasteiger partial charge in [0.1, 0.15) is 11.5 Å². The third kappa shape index (κ3) is 4.87. The third-order valence-electron chi connectivity index (χ3n) is 3.12. The van der Waals surface area contributed by atoms with Crippen molar-refractivity contribution in [3.8, 4) is 11.5 Å². The standard InChI is InChI=1S/C17H16F4O2/c1-2-3-12-4-6-13(7-5-12)17(20,21)23-15-10-8-14(9-11-15)22-16(18)19/h4-11,16H,2-3H2,1H3. The second kappa shape index (κ2) is 7.35. The first-order valence-electron chi connectivity index (χ1n) is 7.12. The Balaban J connectivity index is 2.07. The van der Waals surface area contributed by atoms with E-state index in [2.05, 4.69) is 9.47 Å². The third-order valence-corrected chi connectivity index (χ3v) is 3.12. The van der Waals surface area contributed by atoms with Crippen molar-refractivity contribution in [3.05, 3.63) is 59.7 Å². The zero-order valence-electron chi connectivity index (χ0n) is 12.4. The summed E-state index contributed by atoms with van der Waals surface area (Å²) in [5.41, 5.74) is 0.700. The smallest absolute Gasteiger partial charge is 0.426 e. The fourth-order valence-corrected chi connectivity index (χ4v) is 2.05. The van der Waals surface area contributed by atoms with Crippen LogP contribution in [0.4, 0.5) is 17.6 Å². The molecule has 0 saturated heterocycles. The first kappa shape index (κ1) is 17.1. The van der Waals surface area contributed by atoms with Crippen molar-refractivity contribution in [2.75, 3.05) is 0 Å². The molecule has 0 radical (unpaired) electrons. The molecule has 0 unspecified atom stereocenters. The van der Waals surface area contributed by atoms with Gasteiger partial charge in [0.25, 0.3) is 0 Å². The Morgan fingerprint density at radius 3 is 2.00 bits per heavy atom. The summed E-state index contributed by atoms with van der Waals surface area (Å²) in [4.78, 5) is 0. The molecule has 124 valence electrons. The van der Waals surface area contributed by atoms with Gasteiger partial charge in [0, 0.05) is 0 Å². The molecule has 2 rings (SSSR count). The zero-order chi connectivity index (χ0) is 16.9. The Labute approximate surface area is 131 Å². The minimum Gasteiger partial charge on any atom is -0.435 e. The van der Waals surface area contributed by atoms with Gasteiger partial charge in [0.05, 0.1) is 5.56 Å². The highest BCUT2D eigenvalue weighted by Crippen LogP contribution is 2.32. The maximum Gasteiger partial charge on any atom is 0.426 e. The van der Waals surface area contributed by atoms with Crippen LogP contribution in [-0.4, -0.2) is 6.61 Å². The minimum atomic E-state index is -3.52. The first-order chi connectivity index (χ1) is 10.9. The Kier molecular flexibility index (Phi) is 5.47. The van der Waals surface area contributed by atoms with E-state index >= 15 is 0 Å². The van der Waals surface area contributed by atoms with E-state index in [-0.39, 0.29) is 17.1 Å². The summed E-state index contributed by atoms with van der Waals surface area (Å²) in [6.45, 7) is -0.961. The van der Waals surface area contributed by atoms with Crippen LogP contribution in [0, 0.1) is 0 Å². The van der Waals surface area contributed by atoms with E-state index in [0.717, 1.165) is 42.7 Å². The van der Waals surface area contributed by atoms with Crippen LogP contribution < -0.4 is 9.47 Å². The molecular weight excluding hydrogens is 312 g/mol. The van der Waals surface area contributed by atoms with Crippen molar-refractivity contribution < 1.29 is 27.0 Å². The van der Waals surface area contributed by atoms with Crippen LogP contribution in [-0.2, 0) is 12.5 Å². The summed E-state index contributed by atoms with van der Waals surface area (Å²) in [5, 5.41) is 0. The molecule has 0 aliphatic rings. The quantitative estimate of drug-likeness (QED) is 0.636. The molecule has 6 heteroatoms. The molecule has 0 atom stereocenters. The van der Waals surface area contributed by atoms with Crippen molar-refractivity contribution in [1.82, 2.24) is 0 Å². The predicted molar refractivity (Wildman–Crippen MR) is 78.0 cm³/mol. The van der Waals surface area contributed by atoms with Crippen LogP contribution in [0.3, 0.4) is 0 Å². The summed E-state index contributed by atoms with van der Waals surface area (Å²) in [6.07, 6.45) is -1.77. The van der Waals surface area contributed by atoms with Gasteiger partial charge >= 0.3 is 12.7 Å². The highest BCUT2D eigenvalue weighted by molar-refractivity contribution is 5.32. The van der Waals surface area contributed by atoms with E-state index in [9.17, 15) is 17.6 Å². The lowest BCUT2D eigenvalue weighted by Crippen LogP contribution is -2.21. The van der Waals surface area contributed by atoms with Crippen molar-refractivity contribution in [3.63, 3.8) is 0 Å². The van der Waals surface area contributed by atoms with Crippen LogP contribution in [0.1, 0.15) is 24.5 Å². The van der Waals surface area contributed by atoms with Gasteiger partial charge in [-0.25, -0.2) is 0 Å². The number of hydrogen-bond acceptors (Lipinski definition) is 2. The highest BCUT2D eigenvalue weighted by Gasteiger charge is 2.34. The molecule has 0 aliphatic heterocycles. The summed E-state index contributed by atoms with van der Waals surface area (Å²) >= 11 is 0. The number of halogens is 4. The number of ether oxygens (including phenoxy) is 2. The maximum absolute atomic E-state index is 14.1. The first-order valence-corrected chi connectivity index (χ1v) is 7.12. The fraction of sp³-hybridized carbons (Fsp3) is 0.294. The van der Waals surface area contributed by atoms with Gasteiger partial charge in [-0.05, 0) is 48.4 Å². The molecule has 0 N–H and O–H groups in total. The SMILES string of the molecule is CCCc1ccc(C(F)(F)Oc2ccc(OC(F)F)cc2)cc1. The summed E-state index contributed by atoms with van der Waals surface area (Å²) in [6, 6.07) is 10.5. The Morgan fingerprint density at radius 1 is 0.913 bits per heavy atom. The van der Waals surface area contributed by atoms with Gasteiger partial charge in [-0.15, -0.1) is 0 Å². The lowest BCUT2D eigenvalue weighted by Gasteiger charge is -2.18. The normalized spacial score (nSPS) is 11.6. The lowest BCUT2D eigenvalue weighted by atomic mass is 10.1. The molecule has 2 aromatic carbocycles. The van der Waals surface area contributed by atoms with Gasteiger partial charge in [-0.1, -0.05) is 25.5 Å². The fourth-order valence-electron chi connectivity index (χ4n) is 2.05. The molecule has 23 heavy (non-hydrogen) atoms. The highest BCUT2D eigenvalue weighted by atomic mass is 19.3. The Morgan fingerprint density at radius 2 is 1.48 bits per heavy atom. The van der Waals surface area contributed by atoms with E-state index in [1.54, 1.807) is 12.1 Å². The topological polar surface area (TPSA) is 18.5 Å². The predicted octanol–water partition coefficient (Wildman–Crippen LogP) is 5.37. The van der Waals surface area contributed by atoms with E-state index in [4.69, 9.17) is 0 Å². The summed E-state index contributed by atoms with van der Waals surface area (Å²) < 4.78 is 61.1. The average molecular weight is 328 g/mol. The largest absolute Gasteiger partial charge is 0.435 e. The molecular formula is C17H16F4O2. The van der Waals surface area contributed by atoms with Gasteiger partial charge in [0.15, 0.2) is 0 Å². The van der Waals surface area contributed by atoms with Crippen LogP contribution in [0.5, 0.6) is 11.5 Å². The number of rotatable bonds is 7. The van der Waals surface area contributed by atoms with E-state index in [0.29, 0.717) is 0 Å². The number of hydrogen-bond donors (Lipinski definition) is 0. The van der Waals surface area contributed by atoms with E-state index in [1.165, 1.54) is 12.1 Å². The van der Waals surface area contributed by atoms with Gasteiger partial charge in [-0.3, -0.25) is 0 Å². The second-order valence-electron chi connectivity index (χ2n) is 4.92. The molecule has 0 heterocycles. The van der Waals surface area contributed by atoms with Crippen LogP contribution >= 0.6 is 0 Å². The minimum absolute atomic E-state index is 0.125. The summed E-state index contributed by atoms with van der Waals surface area (Å²) in [7, 11) is 0. The van der Waals surface area contributed by atoms with Gasteiger partial charge in [0.2, 0.25) is 0 Å². The van der Waals surface area contributed by atoms with E-state index < -0.39 is 12.7 Å². The van der Waals surface area contributed by atoms with E-state index in [1.807, 2.05) is 6.92 Å². The molecule has 0 aromatic heterocycles. The molecule has 0 saturated carbocycles. The zero-order valence-corrected chi connectivity index (χ0v) is 12.4. The monoisotopic (exact) mass is 328 g/mol. The lowest BCUT2D eigenvalue weighted by molar-refractivity contribution is -0.185. The number of benzene rings is 2. The van der Waals surface area contributed by atoms with Crippen molar-refractivity contribution in [1.29, 1.82) is 0 Å². The van der Waals surface area contributed by atoms with Crippen molar-refractivity contribution in [2.24, 2.45) is 0 Å². The van der Waals surface area contributed by atoms with Crippen LogP contribution in [0.15, 0.2) is 48.5 Å². The second-order valence-corrected chi connectivity index (χ2v) is 4.92. The molecule has 0 bridgehead atoms. The average Bonchev–Trinajstić information content (AvgIpc) is 2.49. The number of aryl methyl sites for hydroxylation is 1. The van der Waals surface area contributed by atoms with Crippen molar-refractivity contribution >= 4 is 0 Å². The van der Waals surface area contributed by atoms with Gasteiger partial charge in [-0.2, -0.15) is 17.6 Å². The molecule has 0 fully saturated rings. The molecule has 0 spiro atoms. The number of alkyl halides is 4. The van der Waals surface area contributed by atoms with Crippen LogP contribution in [0.2, 0.25) is 0 Å². The van der Waals surface area contributed by atoms with Crippen LogP contribution in [0.25, 0.3) is 0 Å².